The number of carbonyl (C=O) groups is 1. The van der Waals surface area contributed by atoms with Crippen molar-refractivity contribution in [3.05, 3.63) is 64.6 Å². The number of amides is 1. The zero-order valence-corrected chi connectivity index (χ0v) is 27.8. The van der Waals surface area contributed by atoms with Gasteiger partial charge in [-0.2, -0.15) is 26.3 Å². The minimum atomic E-state index is -5.00. The molecule has 0 aliphatic carbocycles. The van der Waals surface area contributed by atoms with E-state index < -0.39 is 35.6 Å². The van der Waals surface area contributed by atoms with Crippen LogP contribution in [0, 0.1) is 0 Å². The zero-order chi connectivity index (χ0) is 36.2. The van der Waals surface area contributed by atoms with E-state index in [1.807, 2.05) is 16.7 Å². The number of aromatic nitrogens is 3. The number of nitrogens with zero attached hydrogens (tertiary/aromatic N) is 6. The number of alkyl halides is 6. The number of β-amino-alcohol motifs (C(OH)–C–C–N with tert-alkyl or cyclic N) is 1. The van der Waals surface area contributed by atoms with Crippen molar-refractivity contribution in [1.82, 2.24) is 19.9 Å². The van der Waals surface area contributed by atoms with E-state index in [4.69, 9.17) is 9.47 Å². The molecule has 1 amide bonds. The van der Waals surface area contributed by atoms with Gasteiger partial charge in [-0.3, -0.25) is 9.80 Å². The van der Waals surface area contributed by atoms with E-state index in [-0.39, 0.29) is 54.8 Å². The Labute approximate surface area is 285 Å². The van der Waals surface area contributed by atoms with Crippen molar-refractivity contribution >= 4 is 23.4 Å². The molecule has 0 saturated carbocycles. The Bertz CT molecular complexity index is 1620. The monoisotopic (exact) mass is 711 g/mol. The van der Waals surface area contributed by atoms with Gasteiger partial charge >= 0.3 is 18.4 Å². The van der Waals surface area contributed by atoms with E-state index in [1.165, 1.54) is 13.3 Å². The minimum absolute atomic E-state index is 0.0206. The summed E-state index contributed by atoms with van der Waals surface area (Å²) in [6, 6.07) is 3.97. The third kappa shape index (κ3) is 8.31. The molecule has 272 valence electrons. The molecule has 1 aromatic carbocycles. The molecular weight excluding hydrogens is 672 g/mol. The number of nitrogens with one attached hydrogen (secondary N) is 1. The number of ether oxygens (including phenoxy) is 2. The Morgan fingerprint density at radius 2 is 1.66 bits per heavy atom. The first-order chi connectivity index (χ1) is 23.7. The lowest BCUT2D eigenvalue weighted by atomic mass is 9.93. The molecule has 4 heterocycles. The van der Waals surface area contributed by atoms with Crippen LogP contribution in [0.15, 0.2) is 36.5 Å². The first-order valence-electron chi connectivity index (χ1n) is 16.3. The second-order valence-corrected chi connectivity index (χ2v) is 12.0. The molecule has 1 fully saturated rings. The first kappa shape index (κ1) is 36.9. The highest BCUT2D eigenvalue weighted by molar-refractivity contribution is 5.90. The highest BCUT2D eigenvalue weighted by Crippen LogP contribution is 2.41. The molecule has 0 radical (unpaired) electrons. The maximum absolute atomic E-state index is 13.7. The van der Waals surface area contributed by atoms with Crippen molar-refractivity contribution in [1.29, 1.82) is 0 Å². The molecule has 11 nitrogen and oxygen atoms in total. The average Bonchev–Trinajstić information content (AvgIpc) is 3.07. The van der Waals surface area contributed by atoms with Crippen LogP contribution >= 0.6 is 0 Å². The Kier molecular flexibility index (Phi) is 11.2. The lowest BCUT2D eigenvalue weighted by Gasteiger charge is -2.39. The summed E-state index contributed by atoms with van der Waals surface area (Å²) in [5.41, 5.74) is -1.42. The van der Waals surface area contributed by atoms with Crippen LogP contribution in [0.4, 0.5) is 48.5 Å². The summed E-state index contributed by atoms with van der Waals surface area (Å²) < 4.78 is 93.1. The van der Waals surface area contributed by atoms with Gasteiger partial charge in [0.25, 0.3) is 0 Å². The number of hydrogen-bond acceptors (Lipinski definition) is 10. The number of rotatable bonds is 10. The number of fused-ring (bicyclic) bond motifs is 1. The van der Waals surface area contributed by atoms with Crippen molar-refractivity contribution in [3.63, 3.8) is 0 Å². The van der Waals surface area contributed by atoms with Crippen LogP contribution in [-0.4, -0.2) is 90.1 Å². The maximum atomic E-state index is 13.7. The van der Waals surface area contributed by atoms with Gasteiger partial charge in [0.1, 0.15) is 0 Å². The topological polar surface area (TPSA) is 116 Å². The van der Waals surface area contributed by atoms with Crippen molar-refractivity contribution in [3.8, 4) is 5.88 Å². The predicted octanol–water partition coefficient (Wildman–Crippen LogP) is 5.92. The molecular formula is C33H39F6N7O4. The molecule has 3 aromatic rings. The van der Waals surface area contributed by atoms with E-state index in [0.29, 0.717) is 74.8 Å². The van der Waals surface area contributed by atoms with E-state index >= 15 is 0 Å². The van der Waals surface area contributed by atoms with Gasteiger partial charge < -0.3 is 24.8 Å². The number of piperazine rings is 1. The van der Waals surface area contributed by atoms with Crippen LogP contribution in [0.1, 0.15) is 60.8 Å². The summed E-state index contributed by atoms with van der Waals surface area (Å²) in [6.45, 7) is 6.34. The summed E-state index contributed by atoms with van der Waals surface area (Å²) >= 11 is 0. The van der Waals surface area contributed by atoms with Crippen LogP contribution < -0.4 is 19.9 Å². The van der Waals surface area contributed by atoms with E-state index in [2.05, 4.69) is 20.3 Å². The molecule has 1 saturated heterocycles. The lowest BCUT2D eigenvalue weighted by Crippen LogP contribution is -2.47. The summed E-state index contributed by atoms with van der Waals surface area (Å²) in [4.78, 5) is 32.4. The molecule has 0 unspecified atom stereocenters. The normalized spacial score (nSPS) is 18.5. The van der Waals surface area contributed by atoms with Gasteiger partial charge in [0.05, 0.1) is 66.5 Å². The number of benzene rings is 1. The molecule has 2 N–H and O–H groups in total. The van der Waals surface area contributed by atoms with Gasteiger partial charge in [-0.25, -0.2) is 19.7 Å². The fourth-order valence-corrected chi connectivity index (χ4v) is 6.32. The van der Waals surface area contributed by atoms with Crippen molar-refractivity contribution in [2.45, 2.75) is 57.5 Å². The third-order valence-corrected chi connectivity index (χ3v) is 8.78. The maximum Gasteiger partial charge on any atom is 0.416 e. The smallest absolute Gasteiger partial charge is 0.416 e. The fraction of sp³-hybridized carbons (Fsp3) is 0.515. The molecule has 17 heteroatoms. The molecule has 0 spiro atoms. The van der Waals surface area contributed by atoms with Gasteiger partial charge in [0.15, 0.2) is 0 Å². The van der Waals surface area contributed by atoms with E-state index in [0.717, 1.165) is 0 Å². The standard InChI is InChI=1S/C33H39F6N7O4/c1-4-23-18-25(29-26(6-7-28(43-29)49-3)46(23)31(48)50-5-2)42-30-40-19-27(45-10-8-44(9-11-45)12-13-47)24(41-30)16-20-14-21(32(34,35)36)17-22(15-20)33(37,38)39/h6-7,14-15,17,19,23,25,47H,4-5,8-13,16,18H2,1-3H3,(H,40,41,42)/t23-,25+/m1/s1. The van der Waals surface area contributed by atoms with Crippen molar-refractivity contribution in [2.24, 2.45) is 0 Å². The van der Waals surface area contributed by atoms with Crippen LogP contribution in [0.2, 0.25) is 0 Å². The Balaban J connectivity index is 1.55. The molecule has 2 aromatic heterocycles. The largest absolute Gasteiger partial charge is 0.481 e. The number of methoxy groups -OCH3 is 1. The quantitative estimate of drug-likeness (QED) is 0.246. The number of anilines is 3. The summed E-state index contributed by atoms with van der Waals surface area (Å²) in [5, 5.41) is 12.6. The Morgan fingerprint density at radius 1 is 0.980 bits per heavy atom. The van der Waals surface area contributed by atoms with E-state index in [9.17, 15) is 36.2 Å². The predicted molar refractivity (Wildman–Crippen MR) is 172 cm³/mol. The number of aliphatic hydroxyl groups excluding tert-OH is 1. The number of aliphatic hydroxyl groups is 1. The minimum Gasteiger partial charge on any atom is -0.481 e. The van der Waals surface area contributed by atoms with E-state index in [1.54, 1.807) is 24.0 Å². The summed E-state index contributed by atoms with van der Waals surface area (Å²) in [7, 11) is 1.45. The van der Waals surface area contributed by atoms with Crippen LogP contribution in [0.25, 0.3) is 0 Å². The van der Waals surface area contributed by atoms with Gasteiger partial charge in [0, 0.05) is 51.3 Å². The Hall–Kier alpha value is -4.38. The number of pyridine rings is 1. The van der Waals surface area contributed by atoms with Crippen molar-refractivity contribution < 1.29 is 45.7 Å². The van der Waals surface area contributed by atoms with Crippen LogP contribution in [0.3, 0.4) is 0 Å². The van der Waals surface area contributed by atoms with Crippen LogP contribution in [-0.2, 0) is 23.5 Å². The molecule has 50 heavy (non-hydrogen) atoms. The summed E-state index contributed by atoms with van der Waals surface area (Å²) in [5.74, 6) is 0.363. The van der Waals surface area contributed by atoms with Gasteiger partial charge in [-0.05, 0) is 49.6 Å². The number of carbonyl (C=O) groups excluding carboxylic acids is 1. The van der Waals surface area contributed by atoms with Crippen molar-refractivity contribution in [2.75, 3.05) is 68.2 Å². The molecule has 2 aliphatic heterocycles. The van der Waals surface area contributed by atoms with Gasteiger partial charge in [-0.1, -0.05) is 6.92 Å². The zero-order valence-electron chi connectivity index (χ0n) is 27.8. The average molecular weight is 712 g/mol. The van der Waals surface area contributed by atoms with Gasteiger partial charge in [0.2, 0.25) is 11.8 Å². The van der Waals surface area contributed by atoms with Gasteiger partial charge in [-0.15, -0.1) is 0 Å². The number of hydrogen-bond donors (Lipinski definition) is 2. The second-order valence-electron chi connectivity index (χ2n) is 12.0. The first-order valence-corrected chi connectivity index (χ1v) is 16.3. The fourth-order valence-electron chi connectivity index (χ4n) is 6.32. The molecule has 0 bridgehead atoms. The SMILES string of the molecule is CCOC(=O)N1c2ccc(OC)nc2[C@@H](Nc2ncc(N3CCN(CCO)CC3)c(Cc3cc(C(F)(F)F)cc(C(F)(F)F)c3)n2)C[C@H]1CC. The highest BCUT2D eigenvalue weighted by Gasteiger charge is 2.39. The molecule has 5 rings (SSSR count). The molecule has 2 atom stereocenters. The Morgan fingerprint density at radius 3 is 2.24 bits per heavy atom. The molecule has 2 aliphatic rings. The number of halogens is 6. The second kappa shape index (κ2) is 15.2. The third-order valence-electron chi connectivity index (χ3n) is 8.78. The lowest BCUT2D eigenvalue weighted by molar-refractivity contribution is -0.143. The highest BCUT2D eigenvalue weighted by atomic mass is 19.4. The van der Waals surface area contributed by atoms with Crippen LogP contribution in [0.5, 0.6) is 5.88 Å². The summed E-state index contributed by atoms with van der Waals surface area (Å²) in [6.07, 6.45) is -8.46.